The summed E-state index contributed by atoms with van der Waals surface area (Å²) >= 11 is 2.68. The molecule has 1 heterocycles. The van der Waals surface area contributed by atoms with E-state index in [9.17, 15) is 14.4 Å². The van der Waals surface area contributed by atoms with Crippen molar-refractivity contribution < 1.29 is 19.1 Å². The minimum Gasteiger partial charge on any atom is -0.451 e. The second-order valence-electron chi connectivity index (χ2n) is 6.76. The number of aliphatic imine (C=N–C) groups is 1. The lowest BCUT2D eigenvalue weighted by atomic mass is 10.2. The second-order valence-corrected chi connectivity index (χ2v) is 8.85. The molecule has 0 spiro atoms. The third-order valence-electron chi connectivity index (χ3n) is 4.05. The first kappa shape index (κ1) is 22.9. The van der Waals surface area contributed by atoms with E-state index in [0.29, 0.717) is 11.4 Å². The number of methoxy groups -OCH3 is 1. The number of ether oxygens (including phenoxy) is 1. The van der Waals surface area contributed by atoms with E-state index >= 15 is 0 Å². The highest BCUT2D eigenvalue weighted by Gasteiger charge is 2.32. The van der Waals surface area contributed by atoms with E-state index in [1.165, 1.54) is 23.8 Å². The molecule has 0 aliphatic carbocycles. The molecule has 2 aromatic carbocycles. The van der Waals surface area contributed by atoms with E-state index in [1.807, 2.05) is 42.5 Å². The Balaban J connectivity index is 1.99. The Morgan fingerprint density at radius 1 is 1.19 bits per heavy atom. The van der Waals surface area contributed by atoms with Crippen LogP contribution in [0.5, 0.6) is 0 Å². The molecule has 1 fully saturated rings. The molecule has 0 saturated carbocycles. The van der Waals surface area contributed by atoms with E-state index in [1.54, 1.807) is 25.1 Å². The van der Waals surface area contributed by atoms with Gasteiger partial charge in [-0.15, -0.1) is 0 Å². The number of hydrogen-bond acceptors (Lipinski definition) is 7. The Labute approximate surface area is 189 Å². The van der Waals surface area contributed by atoms with Crippen LogP contribution in [0.15, 0.2) is 63.3 Å². The fraction of sp³-hybridized carbons (Fsp3) is 0.238. The Morgan fingerprint density at radius 3 is 2.61 bits per heavy atom. The summed E-state index contributed by atoms with van der Waals surface area (Å²) in [5, 5.41) is 3.10. The van der Waals surface area contributed by atoms with Crippen LogP contribution in [0, 0.1) is 0 Å². The number of likely N-dealkylation sites (N-methyl/N-ethyl adjacent to an activating group) is 1. The predicted octanol–water partition coefficient (Wildman–Crippen LogP) is 3.54. The van der Waals surface area contributed by atoms with Crippen molar-refractivity contribution in [2.45, 2.75) is 9.79 Å². The molecule has 0 aromatic heterocycles. The number of rotatable bonds is 6. The standard InChI is InChI=1S/C21H22N4O4S2/c1-24(2)12-18(26)22-16-11-15(31-14-7-5-4-6-8-14)9-10-17(16)25-19(27)13-30-20(25)23-21(28)29-3/h4-11H,12-13H2,1-3H3,(H,22,26). The van der Waals surface area contributed by atoms with Gasteiger partial charge in [0.25, 0.3) is 0 Å². The Kier molecular flexibility index (Phi) is 7.72. The number of carbonyl (C=O) groups excluding carboxylic acids is 3. The van der Waals surface area contributed by atoms with Gasteiger partial charge in [-0.05, 0) is 44.4 Å². The molecule has 0 bridgehead atoms. The van der Waals surface area contributed by atoms with Crippen LogP contribution in [-0.4, -0.2) is 61.5 Å². The van der Waals surface area contributed by atoms with Gasteiger partial charge in [0.2, 0.25) is 11.8 Å². The first-order valence-corrected chi connectivity index (χ1v) is 11.1. The van der Waals surface area contributed by atoms with Gasteiger partial charge in [0.15, 0.2) is 5.17 Å². The molecule has 10 heteroatoms. The summed E-state index contributed by atoms with van der Waals surface area (Å²) in [6.07, 6.45) is -0.795. The van der Waals surface area contributed by atoms with Crippen molar-refractivity contribution in [1.29, 1.82) is 0 Å². The van der Waals surface area contributed by atoms with Crippen molar-refractivity contribution in [2.24, 2.45) is 4.99 Å². The molecule has 1 N–H and O–H groups in total. The smallest absolute Gasteiger partial charge is 0.435 e. The van der Waals surface area contributed by atoms with Crippen molar-refractivity contribution in [3.05, 3.63) is 48.5 Å². The Hall–Kier alpha value is -2.82. The van der Waals surface area contributed by atoms with Crippen molar-refractivity contribution >= 4 is 58.0 Å². The summed E-state index contributed by atoms with van der Waals surface area (Å²) in [7, 11) is 4.81. The summed E-state index contributed by atoms with van der Waals surface area (Å²) in [4.78, 5) is 45.6. The van der Waals surface area contributed by atoms with Crippen LogP contribution >= 0.6 is 23.5 Å². The number of hydrogen-bond donors (Lipinski definition) is 1. The molecular formula is C21H22N4O4S2. The normalized spacial score (nSPS) is 14.9. The third kappa shape index (κ3) is 6.09. The van der Waals surface area contributed by atoms with Gasteiger partial charge < -0.3 is 15.0 Å². The molecule has 2 aromatic rings. The van der Waals surface area contributed by atoms with Crippen molar-refractivity contribution in [3.63, 3.8) is 0 Å². The number of carbonyl (C=O) groups is 3. The Bertz CT molecular complexity index is 1010. The molecule has 1 saturated heterocycles. The van der Waals surface area contributed by atoms with E-state index in [2.05, 4.69) is 15.0 Å². The summed E-state index contributed by atoms with van der Waals surface area (Å²) in [6.45, 7) is 0.182. The highest BCUT2D eigenvalue weighted by molar-refractivity contribution is 8.15. The Morgan fingerprint density at radius 2 is 1.94 bits per heavy atom. The van der Waals surface area contributed by atoms with Gasteiger partial charge in [-0.3, -0.25) is 14.5 Å². The molecule has 1 aliphatic rings. The van der Waals surface area contributed by atoms with E-state index in [4.69, 9.17) is 0 Å². The molecule has 3 rings (SSSR count). The lowest BCUT2D eigenvalue weighted by Gasteiger charge is -2.21. The van der Waals surface area contributed by atoms with Gasteiger partial charge in [0.05, 0.1) is 30.8 Å². The molecule has 3 amide bonds. The number of nitrogens with zero attached hydrogens (tertiary/aromatic N) is 3. The first-order valence-electron chi connectivity index (χ1n) is 9.31. The highest BCUT2D eigenvalue weighted by atomic mass is 32.2. The minimum absolute atomic E-state index is 0.140. The van der Waals surface area contributed by atoms with E-state index in [-0.39, 0.29) is 29.3 Å². The minimum atomic E-state index is -0.795. The average Bonchev–Trinajstić information content (AvgIpc) is 3.08. The largest absolute Gasteiger partial charge is 0.451 e. The maximum atomic E-state index is 12.6. The molecule has 31 heavy (non-hydrogen) atoms. The number of benzene rings is 2. The number of amides is 3. The lowest BCUT2D eigenvalue weighted by molar-refractivity contribution is -0.117. The van der Waals surface area contributed by atoms with Crippen molar-refractivity contribution in [2.75, 3.05) is 43.7 Å². The molecule has 0 atom stereocenters. The molecule has 0 unspecified atom stereocenters. The predicted molar refractivity (Wildman–Crippen MR) is 124 cm³/mol. The number of thioether (sulfide) groups is 1. The lowest BCUT2D eigenvalue weighted by Crippen LogP contribution is -2.32. The maximum absolute atomic E-state index is 12.6. The van der Waals surface area contributed by atoms with Gasteiger partial charge in [-0.1, -0.05) is 41.7 Å². The number of nitrogens with one attached hydrogen (secondary N) is 1. The van der Waals surface area contributed by atoms with Crippen LogP contribution in [0.4, 0.5) is 16.2 Å². The van der Waals surface area contributed by atoms with Crippen LogP contribution in [-0.2, 0) is 14.3 Å². The van der Waals surface area contributed by atoms with Crippen LogP contribution in [0.2, 0.25) is 0 Å². The molecule has 162 valence electrons. The molecule has 1 aliphatic heterocycles. The van der Waals surface area contributed by atoms with Crippen LogP contribution in [0.3, 0.4) is 0 Å². The van der Waals surface area contributed by atoms with Crippen LogP contribution < -0.4 is 10.2 Å². The summed E-state index contributed by atoms with van der Waals surface area (Å²) < 4.78 is 4.60. The monoisotopic (exact) mass is 458 g/mol. The molecule has 8 nitrogen and oxygen atoms in total. The van der Waals surface area contributed by atoms with Gasteiger partial charge in [0, 0.05) is 9.79 Å². The van der Waals surface area contributed by atoms with Gasteiger partial charge in [-0.2, -0.15) is 4.99 Å². The summed E-state index contributed by atoms with van der Waals surface area (Å²) in [5.41, 5.74) is 0.906. The van der Waals surface area contributed by atoms with Gasteiger partial charge in [0.1, 0.15) is 0 Å². The van der Waals surface area contributed by atoms with Crippen molar-refractivity contribution in [3.8, 4) is 0 Å². The zero-order chi connectivity index (χ0) is 22.4. The van der Waals surface area contributed by atoms with Gasteiger partial charge in [-0.25, -0.2) is 4.79 Å². The van der Waals surface area contributed by atoms with Gasteiger partial charge >= 0.3 is 6.09 Å². The fourth-order valence-corrected chi connectivity index (χ4v) is 4.51. The summed E-state index contributed by atoms with van der Waals surface area (Å²) in [6, 6.07) is 15.2. The highest BCUT2D eigenvalue weighted by Crippen LogP contribution is 2.37. The fourth-order valence-electron chi connectivity index (χ4n) is 2.78. The second kappa shape index (κ2) is 10.5. The number of anilines is 2. The van der Waals surface area contributed by atoms with E-state index in [0.717, 1.165) is 21.6 Å². The van der Waals surface area contributed by atoms with Crippen LogP contribution in [0.1, 0.15) is 0 Å². The summed E-state index contributed by atoms with van der Waals surface area (Å²) in [5.74, 6) is -0.320. The third-order valence-corrected chi connectivity index (χ3v) is 5.97. The molecule has 0 radical (unpaired) electrons. The number of amidine groups is 1. The first-order chi connectivity index (χ1) is 14.9. The maximum Gasteiger partial charge on any atom is 0.435 e. The topological polar surface area (TPSA) is 91.3 Å². The van der Waals surface area contributed by atoms with Crippen molar-refractivity contribution in [1.82, 2.24) is 4.90 Å². The zero-order valence-corrected chi connectivity index (χ0v) is 19.0. The quantitative estimate of drug-likeness (QED) is 0.708. The zero-order valence-electron chi connectivity index (χ0n) is 17.3. The van der Waals surface area contributed by atoms with Crippen LogP contribution in [0.25, 0.3) is 0 Å². The van der Waals surface area contributed by atoms with E-state index < -0.39 is 6.09 Å². The molecular weight excluding hydrogens is 436 g/mol. The SMILES string of the molecule is COC(=O)N=C1SCC(=O)N1c1ccc(Sc2ccccc2)cc1NC(=O)CN(C)C. The average molecular weight is 459 g/mol.